The molecule has 2 aliphatic carbocycles. The minimum absolute atomic E-state index is 0.327. The van der Waals surface area contributed by atoms with Gasteiger partial charge in [-0.25, -0.2) is 0 Å². The van der Waals surface area contributed by atoms with Gasteiger partial charge in [0.25, 0.3) is 0 Å². The normalized spacial score (nSPS) is 22.7. The third-order valence-corrected chi connectivity index (χ3v) is 9.15. The molecule has 2 aromatic carbocycles. The number of fused-ring (bicyclic) bond motifs is 4. The minimum Gasteiger partial charge on any atom is -0.384 e. The first kappa shape index (κ1) is 23.8. The number of ether oxygens (including phenoxy) is 1. The Balaban J connectivity index is 1.35. The highest BCUT2D eigenvalue weighted by atomic mass is 16.5. The average Bonchev–Trinajstić information content (AvgIpc) is 3.67. The van der Waals surface area contributed by atoms with Crippen LogP contribution in [-0.4, -0.2) is 60.0 Å². The first-order valence-electron chi connectivity index (χ1n) is 13.8. The van der Waals surface area contributed by atoms with Crippen molar-refractivity contribution < 1.29 is 9.84 Å². The van der Waals surface area contributed by atoms with Crippen LogP contribution in [-0.2, 0) is 17.2 Å². The van der Waals surface area contributed by atoms with Gasteiger partial charge in [-0.1, -0.05) is 31.8 Å². The lowest BCUT2D eigenvalue weighted by Gasteiger charge is -2.44. The van der Waals surface area contributed by atoms with E-state index in [1.165, 1.54) is 18.5 Å². The summed E-state index contributed by atoms with van der Waals surface area (Å²) in [7, 11) is 2.06. The van der Waals surface area contributed by atoms with Crippen LogP contribution in [0.1, 0.15) is 66.3 Å². The van der Waals surface area contributed by atoms with Gasteiger partial charge >= 0.3 is 0 Å². The van der Waals surface area contributed by atoms with Crippen molar-refractivity contribution in [2.45, 2.75) is 44.2 Å². The van der Waals surface area contributed by atoms with E-state index in [0.29, 0.717) is 17.5 Å². The number of nitriles is 1. The number of piperazine rings is 1. The second kappa shape index (κ2) is 8.61. The van der Waals surface area contributed by atoms with Gasteiger partial charge in [-0.3, -0.25) is 4.90 Å². The number of nitrogens with zero attached hydrogens (tertiary/aromatic N) is 4. The van der Waals surface area contributed by atoms with Crippen LogP contribution in [0, 0.1) is 29.1 Å². The number of rotatable bonds is 2. The molecule has 0 radical (unpaired) electrons. The van der Waals surface area contributed by atoms with Gasteiger partial charge in [-0.2, -0.15) is 5.26 Å². The van der Waals surface area contributed by atoms with Crippen LogP contribution in [0.3, 0.4) is 0 Å². The van der Waals surface area contributed by atoms with E-state index in [0.717, 1.165) is 78.2 Å². The number of aliphatic hydroxyl groups excluding tert-OH is 1. The fourth-order valence-corrected chi connectivity index (χ4v) is 6.75. The van der Waals surface area contributed by atoms with Crippen molar-refractivity contribution in [3.05, 3.63) is 63.8 Å². The van der Waals surface area contributed by atoms with Gasteiger partial charge in [0.05, 0.1) is 36.6 Å². The summed E-state index contributed by atoms with van der Waals surface area (Å²) in [6, 6.07) is 13.1. The largest absolute Gasteiger partial charge is 0.384 e. The first-order chi connectivity index (χ1) is 18.4. The Morgan fingerprint density at radius 1 is 1.05 bits per heavy atom. The molecule has 1 unspecified atom stereocenters. The molecule has 1 saturated carbocycles. The third kappa shape index (κ3) is 3.59. The molecular weight excluding hydrogens is 472 g/mol. The molecule has 38 heavy (non-hydrogen) atoms. The zero-order valence-corrected chi connectivity index (χ0v) is 22.4. The summed E-state index contributed by atoms with van der Waals surface area (Å²) in [6.07, 6.45) is 1.64. The van der Waals surface area contributed by atoms with Crippen LogP contribution in [0.15, 0.2) is 30.3 Å². The molecular formula is C32H34N4O2. The monoisotopic (exact) mass is 506 g/mol. The maximum atomic E-state index is 11.9. The van der Waals surface area contributed by atoms with Gasteiger partial charge in [0, 0.05) is 72.3 Å². The number of benzene rings is 2. The van der Waals surface area contributed by atoms with Crippen LogP contribution in [0.5, 0.6) is 0 Å². The van der Waals surface area contributed by atoms with Gasteiger partial charge in [-0.05, 0) is 48.2 Å². The maximum absolute atomic E-state index is 11.9. The van der Waals surface area contributed by atoms with E-state index < -0.39 is 6.10 Å². The van der Waals surface area contributed by atoms with Crippen LogP contribution in [0.25, 0.3) is 10.9 Å². The van der Waals surface area contributed by atoms with Crippen molar-refractivity contribution in [1.82, 2.24) is 9.47 Å². The molecule has 6 nitrogen and oxygen atoms in total. The fraction of sp³-hybridized carbons (Fsp3) is 0.469. The van der Waals surface area contributed by atoms with E-state index in [-0.39, 0.29) is 5.41 Å². The summed E-state index contributed by atoms with van der Waals surface area (Å²) in [5, 5.41) is 22.4. The third-order valence-electron chi connectivity index (χ3n) is 9.15. The second-order valence-corrected chi connectivity index (χ2v) is 11.9. The first-order valence-corrected chi connectivity index (χ1v) is 13.8. The lowest BCUT2D eigenvalue weighted by molar-refractivity contribution is -0.0660. The van der Waals surface area contributed by atoms with Crippen LogP contribution in [0.4, 0.5) is 5.69 Å². The van der Waals surface area contributed by atoms with E-state index >= 15 is 0 Å². The molecule has 0 spiro atoms. The highest BCUT2D eigenvalue weighted by molar-refractivity contribution is 5.89. The molecule has 2 saturated heterocycles. The lowest BCUT2D eigenvalue weighted by Crippen LogP contribution is -2.56. The van der Waals surface area contributed by atoms with E-state index in [2.05, 4.69) is 65.3 Å². The quantitative estimate of drug-likeness (QED) is 0.532. The Morgan fingerprint density at radius 2 is 1.82 bits per heavy atom. The molecule has 4 aliphatic rings. The molecule has 1 N–H and O–H groups in total. The molecule has 1 atom stereocenters. The van der Waals surface area contributed by atoms with Crippen molar-refractivity contribution in [3.63, 3.8) is 0 Å². The average molecular weight is 507 g/mol. The molecule has 7 rings (SSSR count). The predicted octanol–water partition coefficient (Wildman–Crippen LogP) is 4.05. The van der Waals surface area contributed by atoms with Gasteiger partial charge < -0.3 is 19.3 Å². The van der Waals surface area contributed by atoms with Crippen molar-refractivity contribution in [1.29, 1.82) is 5.26 Å². The SMILES string of the molecule is Cn1c2c(c3ccc(C#N)cc31)C(O)c1cc(C#CC3CC3)c(N3CCN(C4COC4)CC3)cc1C2(C)C. The molecule has 2 aliphatic heterocycles. The summed E-state index contributed by atoms with van der Waals surface area (Å²) < 4.78 is 7.61. The topological polar surface area (TPSA) is 64.7 Å². The molecule has 6 heteroatoms. The predicted molar refractivity (Wildman–Crippen MR) is 148 cm³/mol. The Labute approximate surface area is 224 Å². The zero-order chi connectivity index (χ0) is 26.2. The van der Waals surface area contributed by atoms with Gasteiger partial charge in [0.2, 0.25) is 0 Å². The molecule has 0 amide bonds. The molecule has 3 fully saturated rings. The fourth-order valence-electron chi connectivity index (χ4n) is 6.75. The summed E-state index contributed by atoms with van der Waals surface area (Å²) >= 11 is 0. The number of anilines is 1. The van der Waals surface area contributed by atoms with Crippen LogP contribution < -0.4 is 4.90 Å². The minimum atomic E-state index is -0.740. The number of aromatic nitrogens is 1. The number of hydrogen-bond acceptors (Lipinski definition) is 5. The van der Waals surface area contributed by atoms with Gasteiger partial charge in [0.15, 0.2) is 0 Å². The van der Waals surface area contributed by atoms with Gasteiger partial charge in [-0.15, -0.1) is 0 Å². The van der Waals surface area contributed by atoms with Crippen molar-refractivity contribution in [2.24, 2.45) is 13.0 Å². The Bertz CT molecular complexity index is 1550. The Hall–Kier alpha value is -3.29. The molecule has 3 aromatic rings. The van der Waals surface area contributed by atoms with Crippen LogP contribution >= 0.6 is 0 Å². The van der Waals surface area contributed by atoms with Crippen molar-refractivity contribution in [2.75, 3.05) is 44.3 Å². The van der Waals surface area contributed by atoms with E-state index in [1.807, 2.05) is 18.2 Å². The van der Waals surface area contributed by atoms with E-state index in [9.17, 15) is 10.4 Å². The molecule has 3 heterocycles. The summed E-state index contributed by atoms with van der Waals surface area (Å²) in [5.41, 5.74) is 7.69. The summed E-state index contributed by atoms with van der Waals surface area (Å²) in [5.74, 6) is 7.53. The molecule has 194 valence electrons. The smallest absolute Gasteiger partial charge is 0.107 e. The summed E-state index contributed by atoms with van der Waals surface area (Å²) in [6.45, 7) is 10.2. The second-order valence-electron chi connectivity index (χ2n) is 11.9. The highest BCUT2D eigenvalue weighted by Gasteiger charge is 2.42. The molecule has 0 bridgehead atoms. The Morgan fingerprint density at radius 3 is 2.47 bits per heavy atom. The number of aliphatic hydroxyl groups is 1. The van der Waals surface area contributed by atoms with Crippen LogP contribution in [0.2, 0.25) is 0 Å². The number of aryl methyl sites for hydroxylation is 1. The van der Waals surface area contributed by atoms with Gasteiger partial charge in [0.1, 0.15) is 6.10 Å². The van der Waals surface area contributed by atoms with Crippen molar-refractivity contribution >= 4 is 16.6 Å². The maximum Gasteiger partial charge on any atom is 0.107 e. The van der Waals surface area contributed by atoms with E-state index in [1.54, 1.807) is 0 Å². The highest BCUT2D eigenvalue weighted by Crippen LogP contribution is 2.51. The zero-order valence-electron chi connectivity index (χ0n) is 22.4. The Kier molecular flexibility index (Phi) is 5.39. The standard InChI is InChI=1S/C32H34N4O2/c1-32(2)26-16-27(36-12-10-35(11-13-36)23-18-38-19-23)22(8-6-20-4-5-20)15-25(26)30(37)29-24-9-7-21(17-33)14-28(24)34(3)31(29)32/h7,9,14-16,20,23,30,37H,4-5,10-13,18-19H2,1-3H3. The van der Waals surface area contributed by atoms with E-state index in [4.69, 9.17) is 4.74 Å². The lowest BCUT2D eigenvalue weighted by atomic mass is 9.70. The van der Waals surface area contributed by atoms with Crippen molar-refractivity contribution in [3.8, 4) is 17.9 Å². The number of hydrogen-bond donors (Lipinski definition) is 1. The molecule has 1 aromatic heterocycles. The summed E-state index contributed by atoms with van der Waals surface area (Å²) in [4.78, 5) is 5.05.